The lowest BCUT2D eigenvalue weighted by Crippen LogP contribution is -2.51. The number of nitrogens with zero attached hydrogens (tertiary/aromatic N) is 7. The summed E-state index contributed by atoms with van der Waals surface area (Å²) >= 11 is 0. The van der Waals surface area contributed by atoms with Gasteiger partial charge in [-0.05, 0) is 64.9 Å². The predicted molar refractivity (Wildman–Crippen MR) is 161 cm³/mol. The van der Waals surface area contributed by atoms with E-state index in [0.717, 1.165) is 18.3 Å². The lowest BCUT2D eigenvalue weighted by atomic mass is 9.99. The SMILES string of the molecule is Cc1nc2c(F)cc(-c3nc(Nc4ccc(CN5CCOC(C)(CCN(C)CC(F)F)C5)cn4)ncc3F)cc2n1C(C)C. The Hall–Kier alpha value is -3.68. The third kappa shape index (κ3) is 7.33. The minimum atomic E-state index is -2.36. The van der Waals surface area contributed by atoms with E-state index >= 15 is 4.39 Å². The zero-order chi connectivity index (χ0) is 31.6. The Bertz CT molecular complexity index is 1600. The molecule has 0 bridgehead atoms. The molecule has 0 radical (unpaired) electrons. The van der Waals surface area contributed by atoms with E-state index < -0.39 is 23.7 Å². The van der Waals surface area contributed by atoms with E-state index in [-0.39, 0.29) is 35.3 Å². The molecule has 4 heterocycles. The Kier molecular flexibility index (Phi) is 9.47. The van der Waals surface area contributed by atoms with Crippen molar-refractivity contribution in [2.75, 3.05) is 45.2 Å². The summed E-state index contributed by atoms with van der Waals surface area (Å²) in [6.07, 6.45) is 1.08. The van der Waals surface area contributed by atoms with Crippen LogP contribution < -0.4 is 5.32 Å². The van der Waals surface area contributed by atoms with E-state index in [1.165, 1.54) is 6.07 Å². The summed E-state index contributed by atoms with van der Waals surface area (Å²) in [6.45, 7) is 10.7. The molecule has 9 nitrogen and oxygen atoms in total. The highest BCUT2D eigenvalue weighted by molar-refractivity contribution is 5.83. The number of alkyl halides is 2. The standard InChI is InChI=1S/C31H38F4N8O/c1-19(2)43-20(3)38-29-23(32)12-22(13-25(29)43)28-24(33)15-37-30(40-28)39-27-7-6-21(14-36-27)16-42-10-11-44-31(4,18-42)8-9-41(5)17-26(34)35/h6-7,12-15,19,26H,8-11,16-18H2,1-5H3,(H,36,37,39,40). The number of hydrogen-bond acceptors (Lipinski definition) is 8. The number of pyridine rings is 1. The zero-order valence-corrected chi connectivity index (χ0v) is 25.6. The average Bonchev–Trinajstić information content (AvgIpc) is 3.30. The molecule has 1 atom stereocenters. The fraction of sp³-hybridized carbons (Fsp3) is 0.484. The quantitative estimate of drug-likeness (QED) is 0.207. The molecule has 44 heavy (non-hydrogen) atoms. The Morgan fingerprint density at radius 2 is 1.89 bits per heavy atom. The van der Waals surface area contributed by atoms with Crippen LogP contribution in [0.15, 0.2) is 36.7 Å². The topological polar surface area (TPSA) is 84.2 Å². The van der Waals surface area contributed by atoms with Crippen molar-refractivity contribution in [1.82, 2.24) is 34.3 Å². The third-order valence-electron chi connectivity index (χ3n) is 7.82. The molecular weight excluding hydrogens is 576 g/mol. The van der Waals surface area contributed by atoms with Gasteiger partial charge in [-0.1, -0.05) is 6.07 Å². The van der Waals surface area contributed by atoms with Gasteiger partial charge in [-0.2, -0.15) is 0 Å². The minimum Gasteiger partial charge on any atom is -0.373 e. The Balaban J connectivity index is 1.26. The van der Waals surface area contributed by atoms with Crippen LogP contribution in [-0.2, 0) is 11.3 Å². The molecule has 1 N–H and O–H groups in total. The van der Waals surface area contributed by atoms with E-state index in [1.54, 1.807) is 30.3 Å². The maximum Gasteiger partial charge on any atom is 0.251 e. The van der Waals surface area contributed by atoms with Crippen LogP contribution in [0, 0.1) is 18.6 Å². The first kappa shape index (κ1) is 31.7. The van der Waals surface area contributed by atoms with Crippen molar-refractivity contribution in [1.29, 1.82) is 0 Å². The van der Waals surface area contributed by atoms with Gasteiger partial charge in [0.2, 0.25) is 5.95 Å². The van der Waals surface area contributed by atoms with Crippen molar-refractivity contribution >= 4 is 22.8 Å². The second kappa shape index (κ2) is 13.1. The first-order valence-corrected chi connectivity index (χ1v) is 14.7. The predicted octanol–water partition coefficient (Wildman–Crippen LogP) is 5.98. The van der Waals surface area contributed by atoms with Gasteiger partial charge in [0.1, 0.15) is 22.9 Å². The van der Waals surface area contributed by atoms with Crippen molar-refractivity contribution < 1.29 is 22.3 Å². The van der Waals surface area contributed by atoms with E-state index in [0.29, 0.717) is 49.8 Å². The van der Waals surface area contributed by atoms with Crippen LogP contribution in [0.25, 0.3) is 22.3 Å². The molecule has 0 spiro atoms. The Morgan fingerprint density at radius 1 is 1.09 bits per heavy atom. The van der Waals surface area contributed by atoms with Gasteiger partial charge < -0.3 is 19.5 Å². The summed E-state index contributed by atoms with van der Waals surface area (Å²) in [5, 5.41) is 3.01. The molecule has 1 fully saturated rings. The smallest absolute Gasteiger partial charge is 0.251 e. The molecule has 236 valence electrons. The van der Waals surface area contributed by atoms with Crippen LogP contribution in [-0.4, -0.2) is 86.2 Å². The maximum atomic E-state index is 15.0. The van der Waals surface area contributed by atoms with Gasteiger partial charge in [-0.15, -0.1) is 0 Å². The number of aryl methyl sites for hydroxylation is 1. The summed E-state index contributed by atoms with van der Waals surface area (Å²) in [4.78, 5) is 21.1. The van der Waals surface area contributed by atoms with Crippen LogP contribution in [0.4, 0.5) is 29.3 Å². The van der Waals surface area contributed by atoms with Crippen LogP contribution >= 0.6 is 0 Å². The van der Waals surface area contributed by atoms with E-state index in [1.807, 2.05) is 38.3 Å². The van der Waals surface area contributed by atoms with Crippen molar-refractivity contribution in [3.63, 3.8) is 0 Å². The van der Waals surface area contributed by atoms with Gasteiger partial charge in [0.05, 0.1) is 30.5 Å². The second-order valence-electron chi connectivity index (χ2n) is 11.9. The number of fused-ring (bicyclic) bond motifs is 1. The van der Waals surface area contributed by atoms with E-state index in [2.05, 4.69) is 30.2 Å². The lowest BCUT2D eigenvalue weighted by molar-refractivity contribution is -0.107. The first-order chi connectivity index (χ1) is 20.9. The number of rotatable bonds is 11. The average molecular weight is 615 g/mol. The molecule has 1 aliphatic rings. The molecule has 1 aliphatic heterocycles. The van der Waals surface area contributed by atoms with E-state index in [9.17, 15) is 13.2 Å². The Labute approximate surface area is 254 Å². The summed E-state index contributed by atoms with van der Waals surface area (Å²) in [5.41, 5.74) is 1.59. The van der Waals surface area contributed by atoms with Gasteiger partial charge in [-0.3, -0.25) is 4.90 Å². The normalized spacial score (nSPS) is 17.8. The second-order valence-corrected chi connectivity index (χ2v) is 11.9. The number of benzene rings is 1. The molecule has 4 aromatic rings. The van der Waals surface area contributed by atoms with Gasteiger partial charge in [0, 0.05) is 44.0 Å². The van der Waals surface area contributed by atoms with Crippen molar-refractivity contribution in [3.05, 3.63) is 59.7 Å². The maximum absolute atomic E-state index is 15.0. The van der Waals surface area contributed by atoms with Gasteiger partial charge in [-0.25, -0.2) is 37.5 Å². The van der Waals surface area contributed by atoms with Crippen molar-refractivity contribution in [2.24, 2.45) is 0 Å². The molecule has 3 aromatic heterocycles. The molecule has 0 saturated carbocycles. The number of morpholine rings is 1. The molecule has 0 aliphatic carbocycles. The van der Waals surface area contributed by atoms with Gasteiger partial charge in [0.25, 0.3) is 6.43 Å². The third-order valence-corrected chi connectivity index (χ3v) is 7.82. The molecule has 0 amide bonds. The highest BCUT2D eigenvalue weighted by Gasteiger charge is 2.32. The molecular formula is C31H38F4N8O. The lowest BCUT2D eigenvalue weighted by Gasteiger charge is -2.41. The van der Waals surface area contributed by atoms with E-state index in [4.69, 9.17) is 4.74 Å². The number of anilines is 2. The van der Waals surface area contributed by atoms with Crippen LogP contribution in [0.3, 0.4) is 0 Å². The highest BCUT2D eigenvalue weighted by atomic mass is 19.3. The summed E-state index contributed by atoms with van der Waals surface area (Å²) < 4.78 is 63.2. The first-order valence-electron chi connectivity index (χ1n) is 14.7. The Morgan fingerprint density at radius 3 is 2.59 bits per heavy atom. The number of nitrogens with one attached hydrogen (secondary N) is 1. The van der Waals surface area contributed by atoms with Gasteiger partial charge in [0.15, 0.2) is 11.6 Å². The van der Waals surface area contributed by atoms with Crippen molar-refractivity contribution in [2.45, 2.75) is 58.7 Å². The minimum absolute atomic E-state index is 0.0372. The summed E-state index contributed by atoms with van der Waals surface area (Å²) in [6, 6.07) is 6.69. The zero-order valence-electron chi connectivity index (χ0n) is 25.6. The summed E-state index contributed by atoms with van der Waals surface area (Å²) in [5.74, 6) is 0.0310. The number of halogens is 4. The van der Waals surface area contributed by atoms with Gasteiger partial charge >= 0.3 is 0 Å². The number of imidazole rings is 1. The van der Waals surface area contributed by atoms with Crippen molar-refractivity contribution in [3.8, 4) is 11.3 Å². The molecule has 1 saturated heterocycles. The fourth-order valence-electron chi connectivity index (χ4n) is 5.71. The molecule has 5 rings (SSSR count). The van der Waals surface area contributed by atoms with Crippen LogP contribution in [0.1, 0.15) is 44.6 Å². The fourth-order valence-corrected chi connectivity index (χ4v) is 5.71. The summed E-state index contributed by atoms with van der Waals surface area (Å²) in [7, 11) is 1.69. The molecule has 1 aromatic carbocycles. The number of aromatic nitrogens is 5. The number of ether oxygens (including phenoxy) is 1. The number of hydrogen-bond donors (Lipinski definition) is 1. The molecule has 1 unspecified atom stereocenters. The molecule has 13 heteroatoms. The van der Waals surface area contributed by atoms with Crippen LogP contribution in [0.2, 0.25) is 0 Å². The highest BCUT2D eigenvalue weighted by Crippen LogP contribution is 2.30. The largest absolute Gasteiger partial charge is 0.373 e. The monoisotopic (exact) mass is 614 g/mol. The van der Waals surface area contributed by atoms with Crippen LogP contribution in [0.5, 0.6) is 0 Å².